The van der Waals surface area contributed by atoms with Gasteiger partial charge in [0.25, 0.3) is 0 Å². The number of hydrogen-bond acceptors (Lipinski definition) is 3. The first-order chi connectivity index (χ1) is 11.0. The molecular formula is C18H16Br2OS2. The van der Waals surface area contributed by atoms with Crippen LogP contribution in [0.5, 0.6) is 0 Å². The van der Waals surface area contributed by atoms with E-state index in [0.29, 0.717) is 5.92 Å². The Labute approximate surface area is 161 Å². The lowest BCUT2D eigenvalue weighted by Crippen LogP contribution is -2.19. The van der Waals surface area contributed by atoms with Gasteiger partial charge >= 0.3 is 0 Å². The quantitative estimate of drug-likeness (QED) is 0.432. The van der Waals surface area contributed by atoms with Gasteiger partial charge in [-0.05, 0) is 74.9 Å². The minimum atomic E-state index is 0.212. The summed E-state index contributed by atoms with van der Waals surface area (Å²) in [4.78, 5) is 15.1. The average Bonchev–Trinajstić information content (AvgIpc) is 3.11. The van der Waals surface area contributed by atoms with Gasteiger partial charge < -0.3 is 0 Å². The second kappa shape index (κ2) is 7.60. The van der Waals surface area contributed by atoms with Gasteiger partial charge in [0.05, 0.1) is 0 Å². The number of Topliss-reactive ketones (excluding diaryl/α,β-unsaturated/α-hetero) is 1. The van der Waals surface area contributed by atoms with Crippen LogP contribution in [0.4, 0.5) is 0 Å². The third-order valence-corrected chi connectivity index (χ3v) is 7.27. The highest BCUT2D eigenvalue weighted by atomic mass is 79.9. The Balaban J connectivity index is 1.93. The smallest absolute Gasteiger partial charge is 0.185 e. The van der Waals surface area contributed by atoms with Gasteiger partial charge in [0.1, 0.15) is 0 Å². The molecule has 1 fully saturated rings. The maximum atomic E-state index is 12.9. The molecule has 0 unspecified atom stereocenters. The maximum Gasteiger partial charge on any atom is 0.185 e. The van der Waals surface area contributed by atoms with Crippen LogP contribution in [0.15, 0.2) is 43.0 Å². The number of carbonyl (C=O) groups excluding carboxylic acids is 1. The summed E-state index contributed by atoms with van der Waals surface area (Å²) in [7, 11) is 0. The van der Waals surface area contributed by atoms with E-state index in [1.807, 2.05) is 0 Å². The molecule has 3 rings (SSSR count). The van der Waals surface area contributed by atoms with Crippen LogP contribution in [0, 0.1) is 5.92 Å². The largest absolute Gasteiger partial charge is 0.289 e. The second-order valence-corrected chi connectivity index (χ2v) is 9.40. The fourth-order valence-corrected chi connectivity index (χ4v) is 5.58. The van der Waals surface area contributed by atoms with E-state index in [1.165, 1.54) is 0 Å². The number of allylic oxidation sites excluding steroid dienone is 2. The number of thiophene rings is 2. The molecular weight excluding hydrogens is 456 g/mol. The molecule has 0 N–H and O–H groups in total. The number of rotatable bonds is 3. The van der Waals surface area contributed by atoms with Gasteiger partial charge in [0, 0.05) is 40.6 Å². The topological polar surface area (TPSA) is 17.1 Å². The van der Waals surface area contributed by atoms with E-state index in [9.17, 15) is 4.79 Å². The van der Waals surface area contributed by atoms with Crippen molar-refractivity contribution in [1.82, 2.24) is 0 Å². The Kier molecular flexibility index (Phi) is 5.73. The Morgan fingerprint density at radius 3 is 1.87 bits per heavy atom. The molecule has 1 saturated carbocycles. The fourth-order valence-electron chi connectivity index (χ4n) is 2.77. The molecule has 1 nitrogen and oxygen atoms in total. The second-order valence-electron chi connectivity index (χ2n) is 5.69. The summed E-state index contributed by atoms with van der Waals surface area (Å²) in [5.74, 6) is 0.765. The molecule has 2 heterocycles. The number of hydrogen-bond donors (Lipinski definition) is 0. The Morgan fingerprint density at radius 2 is 1.52 bits per heavy atom. The van der Waals surface area contributed by atoms with Crippen LogP contribution in [0.2, 0.25) is 0 Å². The number of ketones is 1. The lowest BCUT2D eigenvalue weighted by atomic mass is 9.79. The van der Waals surface area contributed by atoms with Crippen molar-refractivity contribution in [3.05, 3.63) is 52.7 Å². The van der Waals surface area contributed by atoms with Crippen LogP contribution in [0.1, 0.15) is 35.9 Å². The van der Waals surface area contributed by atoms with Gasteiger partial charge in [-0.1, -0.05) is 13.3 Å². The molecule has 2 aromatic rings. The normalized spacial score (nSPS) is 22.2. The van der Waals surface area contributed by atoms with Crippen molar-refractivity contribution in [3.63, 3.8) is 0 Å². The summed E-state index contributed by atoms with van der Waals surface area (Å²) in [5.41, 5.74) is 1.89. The lowest BCUT2D eigenvalue weighted by molar-refractivity contribution is -0.113. The summed E-state index contributed by atoms with van der Waals surface area (Å²) in [5, 5.41) is 4.11. The Hall–Kier alpha value is -0.490. The van der Waals surface area contributed by atoms with Gasteiger partial charge in [-0.25, -0.2) is 0 Å². The van der Waals surface area contributed by atoms with Crippen molar-refractivity contribution in [3.8, 4) is 0 Å². The molecule has 0 bridgehead atoms. The zero-order chi connectivity index (χ0) is 16.4. The molecule has 0 amide bonds. The van der Waals surface area contributed by atoms with Crippen molar-refractivity contribution in [1.29, 1.82) is 0 Å². The van der Waals surface area contributed by atoms with Crippen LogP contribution in [-0.2, 0) is 4.79 Å². The maximum absolute atomic E-state index is 12.9. The monoisotopic (exact) mass is 470 g/mol. The summed E-state index contributed by atoms with van der Waals surface area (Å²) in [6.45, 7) is 2.21. The Morgan fingerprint density at radius 1 is 1.04 bits per heavy atom. The molecule has 0 aromatic carbocycles. The standard InChI is InChI=1S/C18H16Br2OS2/c1-2-11-3-12(5-16-7-14(19)9-22-16)18(21)13(4-11)6-17-8-15(20)10-23-17/h5-11H,2-4H2,1H3/b12-5+,13-6+. The summed E-state index contributed by atoms with van der Waals surface area (Å²) in [6.07, 6.45) is 7.01. The molecule has 5 heteroatoms. The molecule has 0 atom stereocenters. The van der Waals surface area contributed by atoms with E-state index in [1.54, 1.807) is 22.7 Å². The zero-order valence-corrected chi connectivity index (χ0v) is 17.4. The van der Waals surface area contributed by atoms with Gasteiger partial charge in [0.2, 0.25) is 0 Å². The summed E-state index contributed by atoms with van der Waals surface area (Å²) in [6, 6.07) is 4.14. The molecule has 120 valence electrons. The minimum Gasteiger partial charge on any atom is -0.289 e. The van der Waals surface area contributed by atoms with E-state index in [0.717, 1.165) is 49.1 Å². The highest BCUT2D eigenvalue weighted by Crippen LogP contribution is 2.36. The molecule has 0 saturated heterocycles. The van der Waals surface area contributed by atoms with Crippen molar-refractivity contribution in [2.75, 3.05) is 0 Å². The van der Waals surface area contributed by atoms with Crippen molar-refractivity contribution in [2.45, 2.75) is 26.2 Å². The van der Waals surface area contributed by atoms with Crippen LogP contribution >= 0.6 is 54.5 Å². The minimum absolute atomic E-state index is 0.212. The molecule has 1 aliphatic rings. The van der Waals surface area contributed by atoms with E-state index in [-0.39, 0.29) is 5.78 Å². The average molecular weight is 472 g/mol. The van der Waals surface area contributed by atoms with Gasteiger partial charge in [-0.3, -0.25) is 4.79 Å². The van der Waals surface area contributed by atoms with E-state index < -0.39 is 0 Å². The highest BCUT2D eigenvalue weighted by molar-refractivity contribution is 9.10. The third kappa shape index (κ3) is 4.32. The van der Waals surface area contributed by atoms with E-state index in [4.69, 9.17) is 0 Å². The predicted octanol–water partition coefficient (Wildman–Crippen LogP) is 7.19. The predicted molar refractivity (Wildman–Crippen MR) is 108 cm³/mol. The van der Waals surface area contributed by atoms with Gasteiger partial charge in [-0.15, -0.1) is 22.7 Å². The molecule has 2 aromatic heterocycles. The molecule has 23 heavy (non-hydrogen) atoms. The van der Waals surface area contributed by atoms with E-state index in [2.05, 4.69) is 73.8 Å². The van der Waals surface area contributed by atoms with Crippen LogP contribution in [0.3, 0.4) is 0 Å². The number of carbonyl (C=O) groups is 1. The molecule has 0 spiro atoms. The number of halogens is 2. The van der Waals surface area contributed by atoms with Crippen molar-refractivity contribution < 1.29 is 4.79 Å². The van der Waals surface area contributed by atoms with E-state index >= 15 is 0 Å². The van der Waals surface area contributed by atoms with Gasteiger partial charge in [0.15, 0.2) is 5.78 Å². The SMILES string of the molecule is CCC1C/C(=C\c2cc(Br)cs2)C(=O)/C(=C/c2cc(Br)cs2)C1. The molecule has 0 radical (unpaired) electrons. The Bertz CT molecular complexity index is 720. The summed E-state index contributed by atoms with van der Waals surface area (Å²) < 4.78 is 2.15. The summed E-state index contributed by atoms with van der Waals surface area (Å²) >= 11 is 10.3. The molecule has 1 aliphatic carbocycles. The fraction of sp³-hybridized carbons (Fsp3) is 0.278. The first-order valence-corrected chi connectivity index (χ1v) is 10.8. The van der Waals surface area contributed by atoms with Crippen molar-refractivity contribution in [2.24, 2.45) is 5.92 Å². The van der Waals surface area contributed by atoms with Crippen molar-refractivity contribution >= 4 is 72.5 Å². The third-order valence-electron chi connectivity index (χ3n) is 3.99. The highest BCUT2D eigenvalue weighted by Gasteiger charge is 2.27. The van der Waals surface area contributed by atoms with Crippen LogP contribution in [0.25, 0.3) is 12.2 Å². The van der Waals surface area contributed by atoms with Crippen LogP contribution in [-0.4, -0.2) is 5.78 Å². The van der Waals surface area contributed by atoms with Gasteiger partial charge in [-0.2, -0.15) is 0 Å². The molecule has 0 aliphatic heterocycles. The first-order valence-electron chi connectivity index (χ1n) is 7.49. The first kappa shape index (κ1) is 17.3. The zero-order valence-electron chi connectivity index (χ0n) is 12.6. The van der Waals surface area contributed by atoms with Crippen LogP contribution < -0.4 is 0 Å². The lowest BCUT2D eigenvalue weighted by Gasteiger charge is -2.24.